The predicted molar refractivity (Wildman–Crippen MR) is 64.1 cm³/mol. The van der Waals surface area contributed by atoms with Crippen molar-refractivity contribution in [1.82, 2.24) is 0 Å². The van der Waals surface area contributed by atoms with Gasteiger partial charge in [0.15, 0.2) is 0 Å². The summed E-state index contributed by atoms with van der Waals surface area (Å²) >= 11 is 0. The fourth-order valence-electron chi connectivity index (χ4n) is 1.81. The van der Waals surface area contributed by atoms with E-state index in [0.717, 1.165) is 11.1 Å². The van der Waals surface area contributed by atoms with Crippen LogP contribution in [0.25, 0.3) is 0 Å². The average Bonchev–Trinajstić information content (AvgIpc) is 2.14. The summed E-state index contributed by atoms with van der Waals surface area (Å²) in [6.45, 7) is 5.77. The Kier molecular flexibility index (Phi) is 3.70. The Bertz CT molecular complexity index is 385. The van der Waals surface area contributed by atoms with Gasteiger partial charge in [-0.3, -0.25) is 4.79 Å². The number of aliphatic carboxylic acids is 1. The van der Waals surface area contributed by atoms with Gasteiger partial charge < -0.3 is 10.8 Å². The third kappa shape index (κ3) is 3.07. The zero-order valence-electron chi connectivity index (χ0n) is 10.0. The van der Waals surface area contributed by atoms with Crippen molar-refractivity contribution in [2.75, 3.05) is 0 Å². The second-order valence-corrected chi connectivity index (χ2v) is 4.95. The number of benzene rings is 1. The number of rotatable bonds is 4. The van der Waals surface area contributed by atoms with Gasteiger partial charge >= 0.3 is 5.97 Å². The van der Waals surface area contributed by atoms with Crippen LogP contribution in [-0.2, 0) is 4.79 Å². The molecule has 0 spiro atoms. The summed E-state index contributed by atoms with van der Waals surface area (Å²) in [4.78, 5) is 10.8. The van der Waals surface area contributed by atoms with E-state index in [9.17, 15) is 4.79 Å². The molecule has 3 N–H and O–H groups in total. The highest BCUT2D eigenvalue weighted by Crippen LogP contribution is 2.34. The van der Waals surface area contributed by atoms with Crippen LogP contribution >= 0.6 is 0 Å². The Morgan fingerprint density at radius 1 is 1.50 bits per heavy atom. The lowest BCUT2D eigenvalue weighted by Gasteiger charge is -2.30. The van der Waals surface area contributed by atoms with Crippen LogP contribution in [-0.4, -0.2) is 11.1 Å². The van der Waals surface area contributed by atoms with Crippen LogP contribution in [0.2, 0.25) is 0 Å². The first-order chi connectivity index (χ1) is 7.33. The maximum absolute atomic E-state index is 10.8. The van der Waals surface area contributed by atoms with E-state index in [2.05, 4.69) is 0 Å². The topological polar surface area (TPSA) is 63.3 Å². The molecular weight excluding hydrogens is 202 g/mol. The van der Waals surface area contributed by atoms with Gasteiger partial charge in [-0.25, -0.2) is 0 Å². The Morgan fingerprint density at radius 2 is 2.12 bits per heavy atom. The number of nitrogens with two attached hydrogens (primary N) is 1. The van der Waals surface area contributed by atoms with Crippen LogP contribution in [0.4, 0.5) is 0 Å². The lowest BCUT2D eigenvalue weighted by atomic mass is 9.78. The highest BCUT2D eigenvalue weighted by molar-refractivity contribution is 5.67. The van der Waals surface area contributed by atoms with Crippen molar-refractivity contribution in [1.29, 1.82) is 0 Å². The summed E-state index contributed by atoms with van der Waals surface area (Å²) < 4.78 is 0. The Hall–Kier alpha value is -1.35. The maximum Gasteiger partial charge on any atom is 0.303 e. The number of aryl methyl sites for hydroxylation is 1. The number of carboxylic acid groups (broad SMARTS) is 1. The van der Waals surface area contributed by atoms with Crippen molar-refractivity contribution in [3.05, 3.63) is 35.4 Å². The minimum Gasteiger partial charge on any atom is -0.481 e. The van der Waals surface area contributed by atoms with E-state index in [1.54, 1.807) is 0 Å². The fourth-order valence-corrected chi connectivity index (χ4v) is 1.81. The SMILES string of the molecule is Cc1cccc(C(N)C(C)(C)CC(=O)O)c1. The molecule has 0 fully saturated rings. The normalized spacial score (nSPS) is 13.5. The molecule has 0 radical (unpaired) electrons. The highest BCUT2D eigenvalue weighted by atomic mass is 16.4. The molecule has 3 heteroatoms. The molecule has 0 saturated carbocycles. The monoisotopic (exact) mass is 221 g/mol. The summed E-state index contributed by atoms with van der Waals surface area (Å²) in [6.07, 6.45) is 0.0715. The summed E-state index contributed by atoms with van der Waals surface area (Å²) in [5.74, 6) is -0.812. The van der Waals surface area contributed by atoms with Crippen LogP contribution in [0.15, 0.2) is 24.3 Å². The van der Waals surface area contributed by atoms with Gasteiger partial charge in [0.2, 0.25) is 0 Å². The largest absolute Gasteiger partial charge is 0.481 e. The Balaban J connectivity index is 2.92. The average molecular weight is 221 g/mol. The molecule has 1 atom stereocenters. The second-order valence-electron chi connectivity index (χ2n) is 4.95. The molecule has 0 aliphatic carbocycles. The van der Waals surface area contributed by atoms with Gasteiger partial charge in [-0.2, -0.15) is 0 Å². The van der Waals surface area contributed by atoms with Crippen molar-refractivity contribution >= 4 is 5.97 Å². The van der Waals surface area contributed by atoms with Crippen LogP contribution < -0.4 is 5.73 Å². The Labute approximate surface area is 96.3 Å². The number of carbonyl (C=O) groups is 1. The highest BCUT2D eigenvalue weighted by Gasteiger charge is 2.30. The van der Waals surface area contributed by atoms with Crippen molar-refractivity contribution in [2.45, 2.75) is 33.2 Å². The summed E-state index contributed by atoms with van der Waals surface area (Å²) in [5, 5.41) is 8.84. The lowest BCUT2D eigenvalue weighted by molar-refractivity contribution is -0.139. The molecule has 0 aliphatic rings. The lowest BCUT2D eigenvalue weighted by Crippen LogP contribution is -2.31. The number of hydrogen-bond acceptors (Lipinski definition) is 2. The molecule has 1 aromatic carbocycles. The van der Waals surface area contributed by atoms with Crippen LogP contribution in [0.1, 0.15) is 37.4 Å². The van der Waals surface area contributed by atoms with Gasteiger partial charge in [0.25, 0.3) is 0 Å². The quantitative estimate of drug-likeness (QED) is 0.821. The standard InChI is InChI=1S/C13H19NO2/c1-9-5-4-6-10(7-9)12(14)13(2,3)8-11(15)16/h4-7,12H,8,14H2,1-3H3,(H,15,16). The van der Waals surface area contributed by atoms with Gasteiger partial charge in [0, 0.05) is 6.04 Å². The summed E-state index contributed by atoms with van der Waals surface area (Å²) in [5.41, 5.74) is 7.81. The predicted octanol–water partition coefficient (Wildman–Crippen LogP) is 2.50. The fraction of sp³-hybridized carbons (Fsp3) is 0.462. The van der Waals surface area contributed by atoms with E-state index < -0.39 is 11.4 Å². The molecule has 0 aromatic heterocycles. The molecule has 88 valence electrons. The van der Waals surface area contributed by atoms with Crippen molar-refractivity contribution in [3.63, 3.8) is 0 Å². The molecule has 0 bridgehead atoms. The van der Waals surface area contributed by atoms with E-state index in [0.29, 0.717) is 0 Å². The first-order valence-electron chi connectivity index (χ1n) is 5.37. The Morgan fingerprint density at radius 3 is 2.62 bits per heavy atom. The van der Waals surface area contributed by atoms with E-state index in [1.165, 1.54) is 0 Å². The van der Waals surface area contributed by atoms with Crippen LogP contribution in [0.5, 0.6) is 0 Å². The molecule has 3 nitrogen and oxygen atoms in total. The number of carboxylic acids is 1. The van der Waals surface area contributed by atoms with Gasteiger partial charge in [0.05, 0.1) is 6.42 Å². The zero-order valence-corrected chi connectivity index (χ0v) is 10.0. The number of hydrogen-bond donors (Lipinski definition) is 2. The summed E-state index contributed by atoms with van der Waals surface area (Å²) in [6, 6.07) is 7.64. The zero-order chi connectivity index (χ0) is 12.3. The molecule has 1 aromatic rings. The molecule has 16 heavy (non-hydrogen) atoms. The summed E-state index contributed by atoms with van der Waals surface area (Å²) in [7, 11) is 0. The first kappa shape index (κ1) is 12.7. The van der Waals surface area contributed by atoms with Gasteiger partial charge in [0.1, 0.15) is 0 Å². The maximum atomic E-state index is 10.8. The van der Waals surface area contributed by atoms with E-state index in [1.807, 2.05) is 45.0 Å². The van der Waals surface area contributed by atoms with Crippen molar-refractivity contribution in [2.24, 2.45) is 11.1 Å². The van der Waals surface area contributed by atoms with Gasteiger partial charge in [-0.15, -0.1) is 0 Å². The van der Waals surface area contributed by atoms with Crippen molar-refractivity contribution < 1.29 is 9.90 Å². The van der Waals surface area contributed by atoms with Gasteiger partial charge in [-0.05, 0) is 17.9 Å². The van der Waals surface area contributed by atoms with E-state index in [4.69, 9.17) is 10.8 Å². The van der Waals surface area contributed by atoms with E-state index in [-0.39, 0.29) is 12.5 Å². The third-order valence-corrected chi connectivity index (χ3v) is 2.85. The molecule has 0 saturated heterocycles. The molecule has 1 unspecified atom stereocenters. The molecule has 0 amide bonds. The van der Waals surface area contributed by atoms with E-state index >= 15 is 0 Å². The van der Waals surface area contributed by atoms with Crippen molar-refractivity contribution in [3.8, 4) is 0 Å². The second kappa shape index (κ2) is 4.66. The third-order valence-electron chi connectivity index (χ3n) is 2.85. The molecule has 0 aliphatic heterocycles. The molecule has 1 rings (SSSR count). The molecular formula is C13H19NO2. The minimum atomic E-state index is -0.812. The van der Waals surface area contributed by atoms with Crippen LogP contribution in [0, 0.1) is 12.3 Å². The molecule has 0 heterocycles. The minimum absolute atomic E-state index is 0.0715. The first-order valence-corrected chi connectivity index (χ1v) is 5.37. The van der Waals surface area contributed by atoms with Crippen LogP contribution in [0.3, 0.4) is 0 Å². The van der Waals surface area contributed by atoms with Gasteiger partial charge in [-0.1, -0.05) is 43.7 Å². The smallest absolute Gasteiger partial charge is 0.303 e.